The highest BCUT2D eigenvalue weighted by atomic mass is 35.5. The quantitative estimate of drug-likeness (QED) is 0.550. The van der Waals surface area contributed by atoms with Gasteiger partial charge in [-0.3, -0.25) is 4.79 Å². The highest BCUT2D eigenvalue weighted by molar-refractivity contribution is 7.89. The zero-order valence-corrected chi connectivity index (χ0v) is 19.7. The minimum Gasteiger partial charge on any atom is -0.340 e. The molecule has 0 radical (unpaired) electrons. The Kier molecular flexibility index (Phi) is 6.11. The van der Waals surface area contributed by atoms with Gasteiger partial charge in [0.25, 0.3) is 0 Å². The predicted octanol–water partition coefficient (Wildman–Crippen LogP) is 3.35. The molecule has 0 N–H and O–H groups in total. The monoisotopic (exact) mass is 487 g/mol. The smallest absolute Gasteiger partial charge is 0.243 e. The zero-order chi connectivity index (χ0) is 23.0. The van der Waals surface area contributed by atoms with Crippen molar-refractivity contribution in [3.63, 3.8) is 0 Å². The molecule has 10 heteroatoms. The number of amides is 1. The SMILES string of the molecule is O=C1CN(S(=O)(=O)c2ccc3cc(Cl)ccc3c2)CCN1CC1CCC(n2cnnc2)CC1. The summed E-state index contributed by atoms with van der Waals surface area (Å²) in [6, 6.07) is 10.7. The van der Waals surface area contributed by atoms with Crippen LogP contribution < -0.4 is 0 Å². The number of nitrogens with zero attached hydrogens (tertiary/aromatic N) is 5. The molecule has 0 atom stereocenters. The van der Waals surface area contributed by atoms with Crippen LogP contribution in [0.4, 0.5) is 0 Å². The Labute approximate surface area is 198 Å². The van der Waals surface area contributed by atoms with Gasteiger partial charge >= 0.3 is 0 Å². The van der Waals surface area contributed by atoms with Crippen molar-refractivity contribution in [3.05, 3.63) is 54.1 Å². The minimum absolute atomic E-state index is 0.114. The topological polar surface area (TPSA) is 88.4 Å². The Balaban J connectivity index is 1.20. The molecule has 8 nitrogen and oxygen atoms in total. The molecule has 0 bridgehead atoms. The van der Waals surface area contributed by atoms with Crippen molar-refractivity contribution in [1.29, 1.82) is 0 Å². The van der Waals surface area contributed by atoms with E-state index in [2.05, 4.69) is 14.8 Å². The van der Waals surface area contributed by atoms with Crippen LogP contribution in [0.2, 0.25) is 5.02 Å². The van der Waals surface area contributed by atoms with Crippen LogP contribution in [0, 0.1) is 5.92 Å². The maximum absolute atomic E-state index is 13.2. The number of rotatable bonds is 5. The van der Waals surface area contributed by atoms with Gasteiger partial charge in [0.2, 0.25) is 15.9 Å². The van der Waals surface area contributed by atoms with E-state index in [-0.39, 0.29) is 17.3 Å². The molecule has 0 spiro atoms. The van der Waals surface area contributed by atoms with Gasteiger partial charge in [0.15, 0.2) is 0 Å². The van der Waals surface area contributed by atoms with E-state index >= 15 is 0 Å². The summed E-state index contributed by atoms with van der Waals surface area (Å²) in [6.07, 6.45) is 7.68. The average molecular weight is 488 g/mol. The fourth-order valence-electron chi connectivity index (χ4n) is 4.92. The van der Waals surface area contributed by atoms with Crippen molar-refractivity contribution in [1.82, 2.24) is 24.0 Å². The number of sulfonamides is 1. The molecule has 2 aromatic carbocycles. The van der Waals surface area contributed by atoms with E-state index in [1.807, 2.05) is 4.90 Å². The van der Waals surface area contributed by atoms with Gasteiger partial charge in [-0.15, -0.1) is 10.2 Å². The fourth-order valence-corrected chi connectivity index (χ4v) is 6.52. The van der Waals surface area contributed by atoms with Crippen LogP contribution in [-0.4, -0.2) is 64.5 Å². The Bertz CT molecular complexity index is 1260. The van der Waals surface area contributed by atoms with Crippen molar-refractivity contribution < 1.29 is 13.2 Å². The Hall–Kier alpha value is -2.49. The molecule has 1 amide bonds. The minimum atomic E-state index is -3.75. The van der Waals surface area contributed by atoms with Gasteiger partial charge < -0.3 is 9.47 Å². The van der Waals surface area contributed by atoms with Crippen LogP contribution in [-0.2, 0) is 14.8 Å². The van der Waals surface area contributed by atoms with E-state index < -0.39 is 10.0 Å². The summed E-state index contributed by atoms with van der Waals surface area (Å²) < 4.78 is 29.8. The molecule has 174 valence electrons. The van der Waals surface area contributed by atoms with E-state index in [0.29, 0.717) is 36.6 Å². The molecule has 2 fully saturated rings. The third kappa shape index (κ3) is 4.62. The molecule has 1 saturated heterocycles. The van der Waals surface area contributed by atoms with E-state index in [4.69, 9.17) is 11.6 Å². The zero-order valence-electron chi connectivity index (χ0n) is 18.2. The summed E-state index contributed by atoms with van der Waals surface area (Å²) in [5.74, 6) is 0.315. The standard InChI is InChI=1S/C23H26ClN5O3S/c24-20-5-3-19-12-22(8-4-18(19)11-20)33(31,32)29-10-9-27(23(30)14-29)13-17-1-6-21(7-2-17)28-15-25-26-16-28/h3-5,8,11-12,15-17,21H,1-2,6-7,9-10,13-14H2. The highest BCUT2D eigenvalue weighted by Crippen LogP contribution is 2.33. The van der Waals surface area contributed by atoms with Crippen LogP contribution in [0.1, 0.15) is 31.7 Å². The van der Waals surface area contributed by atoms with Gasteiger partial charge in [-0.25, -0.2) is 8.42 Å². The average Bonchev–Trinajstić information content (AvgIpc) is 3.35. The van der Waals surface area contributed by atoms with Crippen molar-refractivity contribution >= 4 is 38.3 Å². The molecule has 2 aliphatic rings. The lowest BCUT2D eigenvalue weighted by Crippen LogP contribution is -2.53. The van der Waals surface area contributed by atoms with Crippen molar-refractivity contribution in [3.8, 4) is 0 Å². The predicted molar refractivity (Wildman–Crippen MR) is 125 cm³/mol. The molecule has 0 unspecified atom stereocenters. The van der Waals surface area contributed by atoms with Gasteiger partial charge in [0, 0.05) is 30.7 Å². The second-order valence-corrected chi connectivity index (χ2v) is 11.3. The molecule has 1 aromatic heterocycles. The third-order valence-electron chi connectivity index (χ3n) is 6.85. The molecule has 3 aromatic rings. The van der Waals surface area contributed by atoms with Crippen LogP contribution in [0.3, 0.4) is 0 Å². The number of fused-ring (bicyclic) bond motifs is 1. The number of carbonyl (C=O) groups excluding carboxylic acids is 1. The van der Waals surface area contributed by atoms with Crippen molar-refractivity contribution in [2.75, 3.05) is 26.2 Å². The summed E-state index contributed by atoms with van der Waals surface area (Å²) >= 11 is 6.03. The maximum Gasteiger partial charge on any atom is 0.243 e. The Morgan fingerprint density at radius 1 is 0.939 bits per heavy atom. The molecule has 2 heterocycles. The lowest BCUT2D eigenvalue weighted by Gasteiger charge is -2.37. The Morgan fingerprint density at radius 2 is 1.64 bits per heavy atom. The van der Waals surface area contributed by atoms with Gasteiger partial charge in [0.05, 0.1) is 11.4 Å². The van der Waals surface area contributed by atoms with Crippen LogP contribution in [0.25, 0.3) is 10.8 Å². The summed E-state index contributed by atoms with van der Waals surface area (Å²) in [7, 11) is -3.75. The fraction of sp³-hybridized carbons (Fsp3) is 0.435. The molecular weight excluding hydrogens is 462 g/mol. The second-order valence-electron chi connectivity index (χ2n) is 8.92. The van der Waals surface area contributed by atoms with Crippen LogP contribution in [0.15, 0.2) is 53.9 Å². The molecule has 5 rings (SSSR count). The first-order valence-electron chi connectivity index (χ1n) is 11.2. The maximum atomic E-state index is 13.2. The first kappa shape index (κ1) is 22.3. The summed E-state index contributed by atoms with van der Waals surface area (Å²) in [5.41, 5.74) is 0. The lowest BCUT2D eigenvalue weighted by atomic mass is 9.85. The van der Waals surface area contributed by atoms with Gasteiger partial charge in [-0.05, 0) is 66.6 Å². The second kappa shape index (κ2) is 9.04. The largest absolute Gasteiger partial charge is 0.340 e. The summed E-state index contributed by atoms with van der Waals surface area (Å²) in [6.45, 7) is 1.31. The lowest BCUT2D eigenvalue weighted by molar-refractivity contribution is -0.134. The molecule has 33 heavy (non-hydrogen) atoms. The highest BCUT2D eigenvalue weighted by Gasteiger charge is 2.34. The first-order valence-corrected chi connectivity index (χ1v) is 13.0. The van der Waals surface area contributed by atoms with Crippen LogP contribution >= 0.6 is 11.6 Å². The molecule has 1 saturated carbocycles. The molecular formula is C23H26ClN5O3S. The Morgan fingerprint density at radius 3 is 2.36 bits per heavy atom. The number of halogens is 1. The van der Waals surface area contributed by atoms with E-state index in [9.17, 15) is 13.2 Å². The number of aromatic nitrogens is 3. The van der Waals surface area contributed by atoms with Crippen LogP contribution in [0.5, 0.6) is 0 Å². The van der Waals surface area contributed by atoms with Gasteiger partial charge in [-0.1, -0.05) is 23.7 Å². The van der Waals surface area contributed by atoms with Gasteiger partial charge in [0.1, 0.15) is 12.7 Å². The number of carbonyl (C=O) groups is 1. The number of piperazine rings is 1. The molecule has 1 aliphatic heterocycles. The molecule has 1 aliphatic carbocycles. The summed E-state index contributed by atoms with van der Waals surface area (Å²) in [4.78, 5) is 14.9. The number of hydrogen-bond donors (Lipinski definition) is 0. The van der Waals surface area contributed by atoms with Gasteiger partial charge in [-0.2, -0.15) is 4.31 Å². The number of benzene rings is 2. The third-order valence-corrected chi connectivity index (χ3v) is 8.92. The van der Waals surface area contributed by atoms with E-state index in [1.165, 1.54) is 4.31 Å². The van der Waals surface area contributed by atoms with E-state index in [0.717, 1.165) is 36.5 Å². The van der Waals surface area contributed by atoms with Crippen molar-refractivity contribution in [2.24, 2.45) is 5.92 Å². The van der Waals surface area contributed by atoms with E-state index in [1.54, 1.807) is 49.1 Å². The summed E-state index contributed by atoms with van der Waals surface area (Å²) in [5, 5.41) is 10.1. The number of hydrogen-bond acceptors (Lipinski definition) is 5. The first-order chi connectivity index (χ1) is 15.9. The normalized spacial score (nSPS) is 22.7. The van der Waals surface area contributed by atoms with Crippen molar-refractivity contribution in [2.45, 2.75) is 36.6 Å².